The molecule has 0 aliphatic carbocycles. The summed E-state index contributed by atoms with van der Waals surface area (Å²) in [7, 11) is 0. The Balaban J connectivity index is 1.80. The second-order valence-electron chi connectivity index (χ2n) is 9.41. The molecule has 0 saturated carbocycles. The van der Waals surface area contributed by atoms with Gasteiger partial charge in [0.25, 0.3) is 0 Å². The average molecular weight is 418 g/mol. The monoisotopic (exact) mass is 417 g/mol. The van der Waals surface area contributed by atoms with E-state index in [9.17, 15) is 0 Å². The standard InChI is InChI=1S/C26H27NO2S/c1-14-8-9-20-19(10-14)23-24(29-20)27(25-21(28-23)13-17(4)30-25)22-15(2)11-18(12-16(22)3)26(5,6)7/h8-13H,1-7H3. The number of benzene rings is 2. The Morgan fingerprint density at radius 2 is 1.60 bits per heavy atom. The molecule has 4 heteroatoms. The summed E-state index contributed by atoms with van der Waals surface area (Å²) < 4.78 is 12.8. The van der Waals surface area contributed by atoms with Gasteiger partial charge in [0, 0.05) is 4.88 Å². The molecular formula is C26H27NO2S. The molecule has 3 nitrogen and oxygen atoms in total. The van der Waals surface area contributed by atoms with E-state index in [1.54, 1.807) is 11.3 Å². The molecule has 0 bridgehead atoms. The summed E-state index contributed by atoms with van der Waals surface area (Å²) in [5, 5.41) is 2.09. The van der Waals surface area contributed by atoms with Gasteiger partial charge in [-0.05, 0) is 68.0 Å². The fourth-order valence-electron chi connectivity index (χ4n) is 4.28. The van der Waals surface area contributed by atoms with E-state index in [-0.39, 0.29) is 5.41 Å². The van der Waals surface area contributed by atoms with Crippen LogP contribution in [0.15, 0.2) is 40.8 Å². The smallest absolute Gasteiger partial charge is 0.250 e. The van der Waals surface area contributed by atoms with Crippen molar-refractivity contribution in [2.24, 2.45) is 0 Å². The van der Waals surface area contributed by atoms with Crippen LogP contribution in [0.4, 0.5) is 16.6 Å². The molecule has 0 unspecified atom stereocenters. The van der Waals surface area contributed by atoms with Gasteiger partial charge < -0.3 is 9.15 Å². The normalized spacial score (nSPS) is 13.4. The van der Waals surface area contributed by atoms with Crippen molar-refractivity contribution in [3.05, 3.63) is 63.5 Å². The van der Waals surface area contributed by atoms with Crippen LogP contribution in [0.3, 0.4) is 0 Å². The summed E-state index contributed by atoms with van der Waals surface area (Å²) in [6.45, 7) is 15.4. The zero-order valence-corrected chi connectivity index (χ0v) is 19.5. The number of fused-ring (bicyclic) bond motifs is 4. The largest absolute Gasteiger partial charge is 0.448 e. The number of aryl methyl sites for hydroxylation is 4. The maximum absolute atomic E-state index is 6.39. The molecule has 0 saturated heterocycles. The van der Waals surface area contributed by atoms with Crippen molar-refractivity contribution < 1.29 is 9.15 Å². The lowest BCUT2D eigenvalue weighted by molar-refractivity contribution is 0.466. The van der Waals surface area contributed by atoms with E-state index in [1.165, 1.54) is 32.8 Å². The fraction of sp³-hybridized carbons (Fsp3) is 0.308. The lowest BCUT2D eigenvalue weighted by atomic mass is 9.84. The molecule has 5 rings (SSSR count). The number of ether oxygens (including phenoxy) is 1. The van der Waals surface area contributed by atoms with Gasteiger partial charge in [0.05, 0.1) is 11.1 Å². The number of rotatable bonds is 1. The number of thiophene rings is 1. The zero-order chi connectivity index (χ0) is 21.4. The maximum Gasteiger partial charge on any atom is 0.250 e. The molecule has 0 amide bonds. The first-order valence-corrected chi connectivity index (χ1v) is 11.2. The van der Waals surface area contributed by atoms with E-state index < -0.39 is 0 Å². The molecule has 3 heterocycles. The number of hydrogen-bond acceptors (Lipinski definition) is 4. The molecule has 154 valence electrons. The number of furan rings is 1. The summed E-state index contributed by atoms with van der Waals surface area (Å²) >= 11 is 1.74. The molecule has 0 spiro atoms. The lowest BCUT2D eigenvalue weighted by Gasteiger charge is -2.31. The molecule has 4 aromatic rings. The first-order valence-electron chi connectivity index (χ1n) is 10.4. The van der Waals surface area contributed by atoms with E-state index in [4.69, 9.17) is 9.15 Å². The molecule has 0 N–H and O–H groups in total. The van der Waals surface area contributed by atoms with E-state index in [2.05, 4.69) is 83.7 Å². The Kier molecular flexibility index (Phi) is 4.10. The van der Waals surface area contributed by atoms with Crippen molar-refractivity contribution in [2.45, 2.75) is 53.9 Å². The van der Waals surface area contributed by atoms with Crippen molar-refractivity contribution in [1.29, 1.82) is 0 Å². The molecule has 1 aliphatic rings. The van der Waals surface area contributed by atoms with Crippen LogP contribution in [0.2, 0.25) is 0 Å². The highest BCUT2D eigenvalue weighted by Gasteiger charge is 2.35. The van der Waals surface area contributed by atoms with Crippen LogP contribution >= 0.6 is 11.3 Å². The van der Waals surface area contributed by atoms with Crippen molar-refractivity contribution in [3.8, 4) is 11.5 Å². The first-order chi connectivity index (χ1) is 14.1. The second kappa shape index (κ2) is 6.39. The summed E-state index contributed by atoms with van der Waals surface area (Å²) in [6, 6.07) is 13.0. The van der Waals surface area contributed by atoms with Gasteiger partial charge in [-0.1, -0.05) is 44.5 Å². The van der Waals surface area contributed by atoms with Gasteiger partial charge in [-0.2, -0.15) is 0 Å². The topological polar surface area (TPSA) is 25.6 Å². The van der Waals surface area contributed by atoms with E-state index in [0.29, 0.717) is 0 Å². The average Bonchev–Trinajstić information content (AvgIpc) is 3.19. The van der Waals surface area contributed by atoms with Gasteiger partial charge in [-0.25, -0.2) is 0 Å². The van der Waals surface area contributed by atoms with Crippen LogP contribution < -0.4 is 9.64 Å². The van der Waals surface area contributed by atoms with Crippen molar-refractivity contribution in [3.63, 3.8) is 0 Å². The molecule has 30 heavy (non-hydrogen) atoms. The SMILES string of the molecule is Cc1ccc2oc3c(c2c1)Oc1cc(C)sc1N3c1c(C)cc(C(C)(C)C)cc1C. The zero-order valence-electron chi connectivity index (χ0n) is 18.6. The molecule has 0 atom stereocenters. The number of anilines is 3. The Morgan fingerprint density at radius 3 is 2.27 bits per heavy atom. The van der Waals surface area contributed by atoms with Crippen LogP contribution in [-0.2, 0) is 5.41 Å². The summed E-state index contributed by atoms with van der Waals surface area (Å²) in [5.41, 5.74) is 7.14. The van der Waals surface area contributed by atoms with Gasteiger partial charge in [0.1, 0.15) is 10.6 Å². The van der Waals surface area contributed by atoms with Gasteiger partial charge >= 0.3 is 0 Å². The van der Waals surface area contributed by atoms with Gasteiger partial charge in [0.2, 0.25) is 5.88 Å². The number of nitrogens with zero attached hydrogens (tertiary/aromatic N) is 1. The minimum atomic E-state index is 0.103. The highest BCUT2D eigenvalue weighted by molar-refractivity contribution is 7.16. The molecular weight excluding hydrogens is 390 g/mol. The van der Waals surface area contributed by atoms with E-state index in [1.807, 2.05) is 6.07 Å². The highest BCUT2D eigenvalue weighted by Crippen LogP contribution is 2.58. The highest BCUT2D eigenvalue weighted by atomic mass is 32.1. The second-order valence-corrected chi connectivity index (χ2v) is 10.6. The fourth-order valence-corrected chi connectivity index (χ4v) is 5.21. The summed E-state index contributed by atoms with van der Waals surface area (Å²) in [4.78, 5) is 3.48. The van der Waals surface area contributed by atoms with Gasteiger partial charge in [-0.3, -0.25) is 4.90 Å². The van der Waals surface area contributed by atoms with Gasteiger partial charge in [0.15, 0.2) is 11.5 Å². The summed E-state index contributed by atoms with van der Waals surface area (Å²) in [6.07, 6.45) is 0. The van der Waals surface area contributed by atoms with Crippen LogP contribution in [-0.4, -0.2) is 0 Å². The van der Waals surface area contributed by atoms with Crippen molar-refractivity contribution in [1.82, 2.24) is 0 Å². The minimum Gasteiger partial charge on any atom is -0.448 e. The molecule has 2 aromatic carbocycles. The Morgan fingerprint density at radius 1 is 0.900 bits per heavy atom. The quantitative estimate of drug-likeness (QED) is 0.273. The Bertz CT molecular complexity index is 1280. The van der Waals surface area contributed by atoms with Crippen LogP contribution in [0, 0.1) is 27.7 Å². The predicted octanol–water partition coefficient (Wildman–Crippen LogP) is 8.60. The Labute approximate surface area is 181 Å². The molecule has 0 radical (unpaired) electrons. The number of hydrogen-bond donors (Lipinski definition) is 0. The van der Waals surface area contributed by atoms with Gasteiger partial charge in [-0.15, -0.1) is 11.3 Å². The molecule has 1 aliphatic heterocycles. The Hall–Kier alpha value is -2.72. The third-order valence-electron chi connectivity index (χ3n) is 5.78. The molecule has 2 aromatic heterocycles. The lowest BCUT2D eigenvalue weighted by Crippen LogP contribution is -2.17. The first kappa shape index (κ1) is 19.3. The van der Waals surface area contributed by atoms with Crippen LogP contribution in [0.5, 0.6) is 11.5 Å². The van der Waals surface area contributed by atoms with E-state index >= 15 is 0 Å². The van der Waals surface area contributed by atoms with Crippen LogP contribution in [0.1, 0.15) is 47.9 Å². The van der Waals surface area contributed by atoms with Crippen molar-refractivity contribution in [2.75, 3.05) is 4.90 Å². The van der Waals surface area contributed by atoms with Crippen molar-refractivity contribution >= 4 is 38.9 Å². The van der Waals surface area contributed by atoms with E-state index in [0.717, 1.165) is 33.4 Å². The summed E-state index contributed by atoms with van der Waals surface area (Å²) in [5.74, 6) is 2.46. The molecule has 0 fully saturated rings. The predicted molar refractivity (Wildman–Crippen MR) is 126 cm³/mol. The third kappa shape index (κ3) is 2.85. The third-order valence-corrected chi connectivity index (χ3v) is 6.80. The van der Waals surface area contributed by atoms with Crippen LogP contribution in [0.25, 0.3) is 11.0 Å². The minimum absolute atomic E-state index is 0.103. The maximum atomic E-state index is 6.39.